The fourth-order valence-electron chi connectivity index (χ4n) is 1.99. The predicted octanol–water partition coefficient (Wildman–Crippen LogP) is 2.96. The fraction of sp³-hybridized carbons (Fsp3) is 0.0714. The molecule has 17 heavy (non-hydrogen) atoms. The molecule has 2 aromatic carbocycles. The average Bonchev–Trinajstić information content (AvgIpc) is 2.28. The highest BCUT2D eigenvalue weighted by atomic mass is 16.3. The van der Waals surface area contributed by atoms with E-state index in [0.717, 1.165) is 5.56 Å². The molecule has 1 aromatic heterocycles. The summed E-state index contributed by atoms with van der Waals surface area (Å²) in [5, 5.41) is 10.4. The number of aromatic hydroxyl groups is 1. The van der Waals surface area contributed by atoms with Gasteiger partial charge in [-0.05, 0) is 36.8 Å². The van der Waals surface area contributed by atoms with Gasteiger partial charge in [0.15, 0.2) is 0 Å². The highest BCUT2D eigenvalue weighted by molar-refractivity contribution is 5.93. The molecule has 0 amide bonds. The van der Waals surface area contributed by atoms with Crippen LogP contribution < -0.4 is 5.43 Å². The van der Waals surface area contributed by atoms with Gasteiger partial charge in [0.2, 0.25) is 5.43 Å². The molecule has 0 bridgehead atoms. The van der Waals surface area contributed by atoms with E-state index in [4.69, 9.17) is 4.42 Å². The zero-order valence-electron chi connectivity index (χ0n) is 9.23. The number of benzene rings is 2. The molecule has 0 aliphatic carbocycles. The standard InChI is InChI=1S/C14H10O3/c1-8-5-6-9-12(7-8)17-11-4-2-3-10(15)13(11)14(9)16/h2-7,15H,1H3. The highest BCUT2D eigenvalue weighted by Gasteiger charge is 2.10. The third-order valence-electron chi connectivity index (χ3n) is 2.83. The first kappa shape index (κ1) is 9.90. The maximum absolute atomic E-state index is 12.2. The van der Waals surface area contributed by atoms with Gasteiger partial charge in [-0.2, -0.15) is 0 Å². The molecule has 1 heterocycles. The van der Waals surface area contributed by atoms with E-state index in [-0.39, 0.29) is 16.6 Å². The smallest absolute Gasteiger partial charge is 0.204 e. The zero-order chi connectivity index (χ0) is 12.0. The van der Waals surface area contributed by atoms with E-state index < -0.39 is 0 Å². The molecule has 0 radical (unpaired) electrons. The van der Waals surface area contributed by atoms with E-state index in [0.29, 0.717) is 16.6 Å². The number of fused-ring (bicyclic) bond motifs is 2. The minimum Gasteiger partial charge on any atom is -0.507 e. The Balaban J connectivity index is 2.62. The molecule has 84 valence electrons. The molecular formula is C14H10O3. The van der Waals surface area contributed by atoms with Gasteiger partial charge in [0.05, 0.1) is 5.39 Å². The van der Waals surface area contributed by atoms with Crippen LogP contribution >= 0.6 is 0 Å². The van der Waals surface area contributed by atoms with Gasteiger partial charge in [0, 0.05) is 0 Å². The zero-order valence-corrected chi connectivity index (χ0v) is 9.23. The lowest BCUT2D eigenvalue weighted by molar-refractivity contribution is 0.480. The lowest BCUT2D eigenvalue weighted by atomic mass is 10.1. The Morgan fingerprint density at radius 3 is 2.76 bits per heavy atom. The van der Waals surface area contributed by atoms with Gasteiger partial charge >= 0.3 is 0 Å². The van der Waals surface area contributed by atoms with E-state index in [2.05, 4.69) is 0 Å². The maximum Gasteiger partial charge on any atom is 0.204 e. The minimum atomic E-state index is -0.195. The molecule has 0 saturated carbocycles. The second kappa shape index (κ2) is 3.35. The molecule has 0 aliphatic heterocycles. The molecule has 0 saturated heterocycles. The Morgan fingerprint density at radius 2 is 1.94 bits per heavy atom. The van der Waals surface area contributed by atoms with Gasteiger partial charge in [-0.15, -0.1) is 0 Å². The van der Waals surface area contributed by atoms with Crippen LogP contribution in [-0.2, 0) is 0 Å². The Kier molecular flexibility index (Phi) is 1.95. The van der Waals surface area contributed by atoms with Gasteiger partial charge < -0.3 is 9.52 Å². The Morgan fingerprint density at radius 1 is 1.12 bits per heavy atom. The van der Waals surface area contributed by atoms with Crippen molar-refractivity contribution in [1.82, 2.24) is 0 Å². The molecule has 3 nitrogen and oxygen atoms in total. The van der Waals surface area contributed by atoms with Crippen molar-refractivity contribution < 1.29 is 9.52 Å². The van der Waals surface area contributed by atoms with Crippen molar-refractivity contribution in [2.75, 3.05) is 0 Å². The van der Waals surface area contributed by atoms with Gasteiger partial charge in [-0.3, -0.25) is 4.79 Å². The quantitative estimate of drug-likeness (QED) is 0.599. The van der Waals surface area contributed by atoms with Gasteiger partial charge in [-0.25, -0.2) is 0 Å². The van der Waals surface area contributed by atoms with E-state index in [1.807, 2.05) is 19.1 Å². The summed E-state index contributed by atoms with van der Waals surface area (Å²) in [5.41, 5.74) is 1.79. The second-order valence-electron chi connectivity index (χ2n) is 4.08. The van der Waals surface area contributed by atoms with Gasteiger partial charge in [0.1, 0.15) is 22.3 Å². The second-order valence-corrected chi connectivity index (χ2v) is 4.08. The molecule has 3 heteroatoms. The SMILES string of the molecule is Cc1ccc2c(=O)c3c(O)cccc3oc2c1. The van der Waals surface area contributed by atoms with Crippen molar-refractivity contribution in [2.45, 2.75) is 6.92 Å². The van der Waals surface area contributed by atoms with Crippen molar-refractivity contribution in [3.63, 3.8) is 0 Å². The molecule has 0 aliphatic rings. The lowest BCUT2D eigenvalue weighted by Gasteiger charge is -2.03. The van der Waals surface area contributed by atoms with Crippen LogP contribution in [0.25, 0.3) is 21.9 Å². The fourth-order valence-corrected chi connectivity index (χ4v) is 1.99. The number of aryl methyl sites for hydroxylation is 1. The van der Waals surface area contributed by atoms with Crippen LogP contribution in [0.2, 0.25) is 0 Å². The Hall–Kier alpha value is -2.29. The Labute approximate surface area is 96.9 Å². The molecule has 1 N–H and O–H groups in total. The van der Waals surface area contributed by atoms with E-state index in [9.17, 15) is 9.90 Å². The third kappa shape index (κ3) is 1.40. The van der Waals surface area contributed by atoms with Crippen LogP contribution in [0.1, 0.15) is 5.56 Å². The summed E-state index contributed by atoms with van der Waals surface area (Å²) in [6.45, 7) is 1.94. The summed E-state index contributed by atoms with van der Waals surface area (Å²) < 4.78 is 5.63. The van der Waals surface area contributed by atoms with Gasteiger partial charge in [-0.1, -0.05) is 12.1 Å². The Bertz CT molecular complexity index is 784. The monoisotopic (exact) mass is 226 g/mol. The van der Waals surface area contributed by atoms with Crippen molar-refractivity contribution in [1.29, 1.82) is 0 Å². The first-order valence-corrected chi connectivity index (χ1v) is 5.32. The number of rotatable bonds is 0. The van der Waals surface area contributed by atoms with E-state index in [1.54, 1.807) is 18.2 Å². The van der Waals surface area contributed by atoms with E-state index >= 15 is 0 Å². The normalized spacial score (nSPS) is 11.1. The van der Waals surface area contributed by atoms with Crippen molar-refractivity contribution in [3.8, 4) is 5.75 Å². The molecule has 0 fully saturated rings. The summed E-state index contributed by atoms with van der Waals surface area (Å²) >= 11 is 0. The predicted molar refractivity (Wildman–Crippen MR) is 66.4 cm³/mol. The molecule has 3 aromatic rings. The molecule has 3 rings (SSSR count). The molecular weight excluding hydrogens is 216 g/mol. The summed E-state index contributed by atoms with van der Waals surface area (Å²) in [4.78, 5) is 12.2. The number of hydrogen-bond donors (Lipinski definition) is 1. The number of phenolic OH excluding ortho intramolecular Hbond substituents is 1. The highest BCUT2D eigenvalue weighted by Crippen LogP contribution is 2.25. The van der Waals surface area contributed by atoms with Crippen LogP contribution in [0, 0.1) is 6.92 Å². The molecule has 0 atom stereocenters. The van der Waals surface area contributed by atoms with Crippen LogP contribution in [0.4, 0.5) is 0 Å². The summed E-state index contributed by atoms with van der Waals surface area (Å²) in [7, 11) is 0. The van der Waals surface area contributed by atoms with Crippen molar-refractivity contribution in [2.24, 2.45) is 0 Å². The number of hydrogen-bond acceptors (Lipinski definition) is 3. The summed E-state index contributed by atoms with van der Waals surface area (Å²) in [6.07, 6.45) is 0. The van der Waals surface area contributed by atoms with E-state index in [1.165, 1.54) is 6.07 Å². The first-order chi connectivity index (χ1) is 8.16. The molecule has 0 unspecified atom stereocenters. The largest absolute Gasteiger partial charge is 0.507 e. The third-order valence-corrected chi connectivity index (χ3v) is 2.83. The van der Waals surface area contributed by atoms with Crippen LogP contribution in [-0.4, -0.2) is 5.11 Å². The van der Waals surface area contributed by atoms with Crippen molar-refractivity contribution >= 4 is 21.9 Å². The number of phenols is 1. The first-order valence-electron chi connectivity index (χ1n) is 5.32. The molecule has 0 spiro atoms. The minimum absolute atomic E-state index is 0.0428. The van der Waals surface area contributed by atoms with Gasteiger partial charge in [0.25, 0.3) is 0 Å². The summed E-state index contributed by atoms with van der Waals surface area (Å²) in [5.74, 6) is -0.0428. The average molecular weight is 226 g/mol. The van der Waals surface area contributed by atoms with Crippen molar-refractivity contribution in [3.05, 3.63) is 52.2 Å². The maximum atomic E-state index is 12.2. The van der Waals surface area contributed by atoms with Crippen LogP contribution in [0.3, 0.4) is 0 Å². The van der Waals surface area contributed by atoms with Crippen LogP contribution in [0.15, 0.2) is 45.6 Å². The lowest BCUT2D eigenvalue weighted by Crippen LogP contribution is -2.02. The topological polar surface area (TPSA) is 50.4 Å². The van der Waals surface area contributed by atoms with Crippen LogP contribution in [0.5, 0.6) is 5.75 Å². The summed E-state index contributed by atoms with van der Waals surface area (Å²) in [6, 6.07) is 10.2.